The molecule has 0 saturated carbocycles. The predicted octanol–water partition coefficient (Wildman–Crippen LogP) is -0.771. The third kappa shape index (κ3) is 0.711. The summed E-state index contributed by atoms with van der Waals surface area (Å²) in [4.78, 5) is 11.4. The maximum Gasteiger partial charge on any atom is 0.319 e. The largest absolute Gasteiger partial charge is 0.480 e. The van der Waals surface area contributed by atoms with E-state index < -0.39 is 12.0 Å². The van der Waals surface area contributed by atoms with Crippen LogP contribution in [0.4, 0.5) is 0 Å². The molecule has 8 heavy (non-hydrogen) atoms. The lowest BCUT2D eigenvalue weighted by Gasteiger charge is -2.34. The van der Waals surface area contributed by atoms with Crippen LogP contribution in [0.5, 0.6) is 0 Å². The molecule has 0 aromatic rings. The minimum Gasteiger partial charge on any atom is -0.480 e. The van der Waals surface area contributed by atoms with Crippen molar-refractivity contribution < 1.29 is 9.90 Å². The third-order valence-electron chi connectivity index (χ3n) is 1.35. The molecule has 0 aromatic heterocycles. The highest BCUT2D eigenvalue weighted by molar-refractivity contribution is 6.07. The minimum absolute atomic E-state index is 0.421. The van der Waals surface area contributed by atoms with Gasteiger partial charge in [0.1, 0.15) is 0 Å². The van der Waals surface area contributed by atoms with Gasteiger partial charge in [0.25, 0.3) is 0 Å². The van der Waals surface area contributed by atoms with Crippen molar-refractivity contribution in [1.82, 2.24) is 4.81 Å². The summed E-state index contributed by atoms with van der Waals surface area (Å²) in [5.41, 5.74) is 0. The van der Waals surface area contributed by atoms with Crippen LogP contribution in [0.15, 0.2) is 0 Å². The number of carboxylic acids is 1. The molecule has 2 radical (unpaired) electrons. The van der Waals surface area contributed by atoms with Gasteiger partial charge in [-0.15, -0.1) is 0 Å². The van der Waals surface area contributed by atoms with E-state index in [2.05, 4.69) is 0 Å². The molecule has 1 fully saturated rings. The Morgan fingerprint density at radius 2 is 2.50 bits per heavy atom. The van der Waals surface area contributed by atoms with E-state index in [1.54, 1.807) is 0 Å². The molecule has 1 heterocycles. The van der Waals surface area contributed by atoms with E-state index in [9.17, 15) is 4.79 Å². The van der Waals surface area contributed by atoms with Gasteiger partial charge in [0, 0.05) is 0 Å². The Morgan fingerprint density at radius 3 is 2.50 bits per heavy atom. The molecule has 0 spiro atoms. The van der Waals surface area contributed by atoms with Crippen LogP contribution in [0.2, 0.25) is 0 Å². The number of hydrogen-bond acceptors (Lipinski definition) is 2. The summed E-state index contributed by atoms with van der Waals surface area (Å²) >= 11 is 0. The molecular weight excluding hydrogens is 105 g/mol. The van der Waals surface area contributed by atoms with Gasteiger partial charge in [-0.1, -0.05) is 0 Å². The van der Waals surface area contributed by atoms with Crippen molar-refractivity contribution in [1.29, 1.82) is 0 Å². The van der Waals surface area contributed by atoms with Crippen LogP contribution < -0.4 is 0 Å². The fourth-order valence-electron chi connectivity index (χ4n) is 0.673. The molecular formula is C4H6BNO2. The van der Waals surface area contributed by atoms with Gasteiger partial charge in [0.2, 0.25) is 0 Å². The zero-order chi connectivity index (χ0) is 6.15. The molecule has 1 unspecified atom stereocenters. The van der Waals surface area contributed by atoms with E-state index in [1.807, 2.05) is 0 Å². The molecule has 42 valence electrons. The van der Waals surface area contributed by atoms with Gasteiger partial charge in [0.05, 0.1) is 6.04 Å². The molecule has 0 bridgehead atoms. The Morgan fingerprint density at radius 1 is 1.88 bits per heavy atom. The van der Waals surface area contributed by atoms with Gasteiger partial charge in [-0.3, -0.25) is 4.79 Å². The molecule has 0 amide bonds. The van der Waals surface area contributed by atoms with Crippen molar-refractivity contribution >= 4 is 14.0 Å². The van der Waals surface area contributed by atoms with Crippen LogP contribution in [0.25, 0.3) is 0 Å². The number of nitrogens with zero attached hydrogens (tertiary/aromatic N) is 1. The smallest absolute Gasteiger partial charge is 0.319 e. The van der Waals surface area contributed by atoms with Gasteiger partial charge in [-0.2, -0.15) is 0 Å². The first kappa shape index (κ1) is 5.63. The van der Waals surface area contributed by atoms with Gasteiger partial charge in [-0.25, -0.2) is 0 Å². The summed E-state index contributed by atoms with van der Waals surface area (Å²) in [5, 5.41) is 8.28. The molecule has 0 aromatic carbocycles. The summed E-state index contributed by atoms with van der Waals surface area (Å²) in [6.45, 7) is 0.705. The van der Waals surface area contributed by atoms with Crippen LogP contribution in [0.3, 0.4) is 0 Å². The van der Waals surface area contributed by atoms with E-state index in [-0.39, 0.29) is 0 Å². The van der Waals surface area contributed by atoms with Crippen LogP contribution in [0, 0.1) is 0 Å². The lowest BCUT2D eigenvalue weighted by molar-refractivity contribution is -0.144. The van der Waals surface area contributed by atoms with Crippen LogP contribution >= 0.6 is 0 Å². The monoisotopic (exact) mass is 111 g/mol. The molecule has 1 aliphatic heterocycles. The molecule has 0 aliphatic carbocycles. The zero-order valence-electron chi connectivity index (χ0n) is 4.37. The maximum atomic E-state index is 10.1. The Labute approximate surface area is 48.7 Å². The van der Waals surface area contributed by atoms with Crippen molar-refractivity contribution in [3.63, 3.8) is 0 Å². The average Bonchev–Trinajstić information content (AvgIpc) is 1.61. The van der Waals surface area contributed by atoms with Crippen LogP contribution in [-0.2, 0) is 4.79 Å². The van der Waals surface area contributed by atoms with E-state index in [1.165, 1.54) is 4.81 Å². The van der Waals surface area contributed by atoms with Crippen molar-refractivity contribution in [2.24, 2.45) is 0 Å². The first-order chi connectivity index (χ1) is 3.72. The molecule has 1 atom stereocenters. The fourth-order valence-corrected chi connectivity index (χ4v) is 0.673. The summed E-state index contributed by atoms with van der Waals surface area (Å²) in [5.74, 6) is -0.821. The van der Waals surface area contributed by atoms with Gasteiger partial charge in [-0.05, 0) is 13.0 Å². The lowest BCUT2D eigenvalue weighted by Crippen LogP contribution is -2.50. The number of hydrogen-bond donors (Lipinski definition) is 1. The minimum atomic E-state index is -0.821. The highest BCUT2D eigenvalue weighted by atomic mass is 16.4. The lowest BCUT2D eigenvalue weighted by atomic mass is 9.99. The number of rotatable bonds is 1. The van der Waals surface area contributed by atoms with E-state index >= 15 is 0 Å². The summed E-state index contributed by atoms with van der Waals surface area (Å²) in [7, 11) is 5.18. The van der Waals surface area contributed by atoms with Crippen molar-refractivity contribution in [2.75, 3.05) is 6.54 Å². The highest BCUT2D eigenvalue weighted by Crippen LogP contribution is 2.12. The quantitative estimate of drug-likeness (QED) is 0.451. The molecule has 1 rings (SSSR count). The maximum absolute atomic E-state index is 10.1. The molecule has 3 nitrogen and oxygen atoms in total. The van der Waals surface area contributed by atoms with E-state index in [0.717, 1.165) is 0 Å². The summed E-state index contributed by atoms with van der Waals surface area (Å²) < 4.78 is 0. The Bertz CT molecular complexity index is 117. The molecule has 4 heteroatoms. The standard InChI is InChI=1S/C4H6BNO2/c5-6-2-1-3(6)4(7)8/h3H,1-2H2,(H,7,8). The SMILES string of the molecule is [B]N1CCC1C(=O)O. The van der Waals surface area contributed by atoms with E-state index in [4.69, 9.17) is 13.1 Å². The average molecular weight is 111 g/mol. The van der Waals surface area contributed by atoms with Gasteiger partial charge >= 0.3 is 5.97 Å². The topological polar surface area (TPSA) is 40.5 Å². The number of aliphatic carboxylic acids is 1. The zero-order valence-corrected chi connectivity index (χ0v) is 4.37. The first-order valence-corrected chi connectivity index (χ1v) is 2.46. The summed E-state index contributed by atoms with van der Waals surface area (Å²) in [6.07, 6.45) is 0.686. The van der Waals surface area contributed by atoms with Crippen molar-refractivity contribution in [2.45, 2.75) is 12.5 Å². The second-order valence-corrected chi connectivity index (χ2v) is 1.88. The molecule has 1 N–H and O–H groups in total. The Balaban J connectivity index is 2.37. The second kappa shape index (κ2) is 1.78. The third-order valence-corrected chi connectivity index (χ3v) is 1.35. The van der Waals surface area contributed by atoms with Crippen LogP contribution in [-0.4, -0.2) is 36.5 Å². The van der Waals surface area contributed by atoms with Crippen LogP contribution in [0.1, 0.15) is 6.42 Å². The van der Waals surface area contributed by atoms with Gasteiger partial charge < -0.3 is 9.92 Å². The van der Waals surface area contributed by atoms with E-state index in [0.29, 0.717) is 13.0 Å². The fraction of sp³-hybridized carbons (Fsp3) is 0.750. The normalized spacial score (nSPS) is 29.2. The second-order valence-electron chi connectivity index (χ2n) is 1.88. The Hall–Kier alpha value is -0.505. The van der Waals surface area contributed by atoms with Gasteiger partial charge in [0.15, 0.2) is 7.98 Å². The number of carboxylic acid groups (broad SMARTS) is 1. The van der Waals surface area contributed by atoms with Crippen molar-refractivity contribution in [3.05, 3.63) is 0 Å². The highest BCUT2D eigenvalue weighted by Gasteiger charge is 2.29. The molecule has 1 saturated heterocycles. The number of carbonyl (C=O) groups is 1. The summed E-state index contributed by atoms with van der Waals surface area (Å²) in [6, 6.07) is -0.421. The first-order valence-electron chi connectivity index (χ1n) is 2.46. The Kier molecular flexibility index (Phi) is 1.25. The molecule has 1 aliphatic rings. The predicted molar refractivity (Wildman–Crippen MR) is 28.5 cm³/mol. The van der Waals surface area contributed by atoms with Crippen molar-refractivity contribution in [3.8, 4) is 0 Å².